The molecule has 2 aromatic heterocycles. The fourth-order valence-electron chi connectivity index (χ4n) is 9.68. The van der Waals surface area contributed by atoms with E-state index in [1.54, 1.807) is 19.2 Å². The average Bonchev–Trinajstić information content (AvgIpc) is 3.33. The number of nitrogens with one attached hydrogen (secondary N) is 2. The first kappa shape index (κ1) is 30.8. The molecule has 2 N–H and O–H groups in total. The van der Waals surface area contributed by atoms with Gasteiger partial charge in [0.1, 0.15) is 12.1 Å². The summed E-state index contributed by atoms with van der Waals surface area (Å²) in [6.45, 7) is 2.29. The molecule has 13 heteroatoms. The third-order valence-corrected chi connectivity index (χ3v) is 13.1. The molecule has 4 atom stereocenters. The maximum absolute atomic E-state index is 15.0. The van der Waals surface area contributed by atoms with Crippen LogP contribution < -0.4 is 9.46 Å². The van der Waals surface area contributed by atoms with Gasteiger partial charge in [-0.15, -0.1) is 5.10 Å². The summed E-state index contributed by atoms with van der Waals surface area (Å²) in [7, 11) is -0.436. The maximum atomic E-state index is 15.0. The van der Waals surface area contributed by atoms with E-state index in [2.05, 4.69) is 53.5 Å². The van der Waals surface area contributed by atoms with Crippen LogP contribution >= 0.6 is 0 Å². The number of likely N-dealkylation sites (tertiary alicyclic amines) is 1. The van der Waals surface area contributed by atoms with Gasteiger partial charge < -0.3 is 19.1 Å². The maximum Gasteiger partial charge on any atom is 0.301 e. The number of carbonyl (C=O) groups excluding carboxylic acids is 2. The first-order valence-electron chi connectivity index (χ1n) is 17.5. The molecule has 4 aromatic rings. The van der Waals surface area contributed by atoms with Crippen molar-refractivity contribution in [2.75, 3.05) is 27.2 Å². The second kappa shape index (κ2) is 11.1. The van der Waals surface area contributed by atoms with E-state index in [-0.39, 0.29) is 29.5 Å². The van der Waals surface area contributed by atoms with E-state index in [0.717, 1.165) is 97.8 Å². The Kier molecular flexibility index (Phi) is 7.00. The fourth-order valence-corrected chi connectivity index (χ4v) is 10.5. The highest BCUT2D eigenvalue weighted by Crippen LogP contribution is 2.66. The molecule has 49 heavy (non-hydrogen) atoms. The number of H-pyrrole nitrogens is 1. The van der Waals surface area contributed by atoms with Crippen molar-refractivity contribution < 1.29 is 22.7 Å². The summed E-state index contributed by atoms with van der Waals surface area (Å²) in [5.41, 5.74) is 5.10. The number of nitrogens with zero attached hydrogens (tertiary/aromatic N) is 5. The Morgan fingerprint density at radius 1 is 1.02 bits per heavy atom. The van der Waals surface area contributed by atoms with Crippen molar-refractivity contribution >= 4 is 32.7 Å². The van der Waals surface area contributed by atoms with E-state index in [9.17, 15) is 13.2 Å². The number of carbonyl (C=O) groups is 2. The summed E-state index contributed by atoms with van der Waals surface area (Å²) in [6.07, 6.45) is 9.65. The third kappa shape index (κ3) is 4.75. The molecule has 2 bridgehead atoms. The minimum atomic E-state index is -4.27. The van der Waals surface area contributed by atoms with E-state index >= 15 is 4.79 Å². The largest absolute Gasteiger partial charge is 0.497 e. The number of fused-ring (bicyclic) bond motifs is 9. The van der Waals surface area contributed by atoms with Gasteiger partial charge in [0.05, 0.1) is 18.2 Å². The summed E-state index contributed by atoms with van der Waals surface area (Å²) in [5.74, 6) is 0.651. The first-order chi connectivity index (χ1) is 23.7. The Morgan fingerprint density at radius 3 is 2.51 bits per heavy atom. The lowest BCUT2D eigenvalue weighted by Crippen LogP contribution is -2.57. The van der Waals surface area contributed by atoms with Gasteiger partial charge in [0.15, 0.2) is 0 Å². The summed E-state index contributed by atoms with van der Waals surface area (Å²) in [5, 5.41) is 6.58. The van der Waals surface area contributed by atoms with Crippen LogP contribution in [0.3, 0.4) is 0 Å². The summed E-state index contributed by atoms with van der Waals surface area (Å²) < 4.78 is 35.9. The molecule has 5 aliphatic rings. The first-order valence-corrected chi connectivity index (χ1v) is 19.0. The molecule has 2 amide bonds. The van der Waals surface area contributed by atoms with Gasteiger partial charge in [0.25, 0.3) is 11.1 Å². The fraction of sp³-hybridized carbons (Fsp3) is 0.500. The minimum Gasteiger partial charge on any atom is -0.497 e. The van der Waals surface area contributed by atoms with Crippen LogP contribution in [0.1, 0.15) is 84.7 Å². The molecule has 2 saturated heterocycles. The van der Waals surface area contributed by atoms with E-state index in [1.807, 2.05) is 12.1 Å². The van der Waals surface area contributed by atoms with Crippen molar-refractivity contribution in [1.29, 1.82) is 0 Å². The number of ether oxygens (including phenoxy) is 1. The molecular weight excluding hydrogens is 643 g/mol. The Bertz CT molecular complexity index is 2090. The number of amides is 2. The summed E-state index contributed by atoms with van der Waals surface area (Å²) in [6, 6.07) is 12.2. The normalized spacial score (nSPS) is 26.5. The molecule has 4 fully saturated rings. The number of aromatic nitrogens is 4. The number of likely N-dealkylation sites (N-methyl/N-ethyl adjacent to an activating group) is 1. The lowest BCUT2D eigenvalue weighted by molar-refractivity contribution is -0.143. The molecule has 0 spiro atoms. The predicted octanol–water partition coefficient (Wildman–Crippen LogP) is 4.39. The van der Waals surface area contributed by atoms with Gasteiger partial charge in [-0.3, -0.25) is 14.7 Å². The average molecular weight is 684 g/mol. The van der Waals surface area contributed by atoms with Crippen LogP contribution in [0.4, 0.5) is 0 Å². The van der Waals surface area contributed by atoms with Crippen molar-refractivity contribution in [2.45, 2.75) is 87.0 Å². The molecular formula is C36H41N7O5S. The van der Waals surface area contributed by atoms with Gasteiger partial charge >= 0.3 is 10.0 Å². The lowest BCUT2D eigenvalue weighted by atomic mass is 9.81. The Hall–Kier alpha value is -4.23. The van der Waals surface area contributed by atoms with E-state index in [4.69, 9.17) is 4.74 Å². The number of sulfonamides is 1. The molecule has 2 saturated carbocycles. The molecule has 256 valence electrons. The summed E-state index contributed by atoms with van der Waals surface area (Å²) >= 11 is 0. The van der Waals surface area contributed by atoms with Crippen molar-refractivity contribution in [1.82, 2.24) is 34.3 Å². The SMILES string of the molecule is COc1ccc2c(c1)C1CC1(C(=O)N1C3CCC1CN(C)C3)Cn1c-2c(C2CCCCC2)c2ccc(C(=O)NS(=O)(=O)c3nc[nH]n3)cc21. The zero-order valence-corrected chi connectivity index (χ0v) is 28.6. The second-order valence-corrected chi connectivity index (χ2v) is 16.4. The Labute approximate surface area is 285 Å². The van der Waals surface area contributed by atoms with Crippen LogP contribution in [0.25, 0.3) is 22.2 Å². The van der Waals surface area contributed by atoms with Crippen LogP contribution in [0.15, 0.2) is 47.9 Å². The molecule has 3 aliphatic heterocycles. The van der Waals surface area contributed by atoms with Gasteiger partial charge in [-0.05, 0) is 86.5 Å². The van der Waals surface area contributed by atoms with Crippen molar-refractivity contribution in [3.8, 4) is 17.0 Å². The van der Waals surface area contributed by atoms with Crippen LogP contribution in [0.5, 0.6) is 5.75 Å². The van der Waals surface area contributed by atoms with Crippen LogP contribution in [0.2, 0.25) is 0 Å². The molecule has 0 radical (unpaired) electrons. The molecule has 12 nitrogen and oxygen atoms in total. The van der Waals surface area contributed by atoms with Gasteiger partial charge in [-0.2, -0.15) is 8.42 Å². The number of benzene rings is 2. The van der Waals surface area contributed by atoms with E-state index in [1.165, 1.54) is 12.0 Å². The minimum absolute atomic E-state index is 0.0521. The quantitative estimate of drug-likeness (QED) is 0.305. The lowest BCUT2D eigenvalue weighted by Gasteiger charge is -2.41. The topological polar surface area (TPSA) is 143 Å². The Morgan fingerprint density at radius 2 is 1.80 bits per heavy atom. The third-order valence-electron chi connectivity index (χ3n) is 12.0. The van der Waals surface area contributed by atoms with E-state index in [0.29, 0.717) is 12.5 Å². The highest BCUT2D eigenvalue weighted by atomic mass is 32.2. The van der Waals surface area contributed by atoms with Crippen LogP contribution in [-0.4, -0.2) is 89.1 Å². The van der Waals surface area contributed by atoms with E-state index < -0.39 is 26.5 Å². The predicted molar refractivity (Wildman–Crippen MR) is 182 cm³/mol. The Balaban J connectivity index is 1.22. The van der Waals surface area contributed by atoms with Gasteiger partial charge in [0.2, 0.25) is 5.91 Å². The molecule has 9 rings (SSSR count). The number of piperazine rings is 1. The van der Waals surface area contributed by atoms with Gasteiger partial charge in [-0.1, -0.05) is 25.3 Å². The standard InChI is InChI=1S/C36H41N7O5S/c1-41-17-23-9-10-24(18-41)43(23)34(45)36-16-29(36)28-15-25(48-2)11-13-26(28)32-31(21-6-4-3-5-7-21)27-12-8-22(14-30(27)42(32)19-36)33(44)40-49(46,47)35-37-20-38-39-35/h8,11-15,20-21,23-24,29H,3-7,9-10,16-19H2,1-2H3,(H,40,44)(H,37,38,39). The van der Waals surface area contributed by atoms with Crippen molar-refractivity contribution in [3.63, 3.8) is 0 Å². The zero-order chi connectivity index (χ0) is 33.7. The second-order valence-electron chi connectivity index (χ2n) is 14.8. The molecule has 5 heterocycles. The van der Waals surface area contributed by atoms with Crippen LogP contribution in [0, 0.1) is 5.41 Å². The number of hydrogen-bond acceptors (Lipinski definition) is 8. The monoisotopic (exact) mass is 683 g/mol. The highest BCUT2D eigenvalue weighted by molar-refractivity contribution is 7.89. The van der Waals surface area contributed by atoms with Crippen molar-refractivity contribution in [2.24, 2.45) is 5.41 Å². The number of hydrogen-bond donors (Lipinski definition) is 2. The van der Waals surface area contributed by atoms with Gasteiger partial charge in [-0.25, -0.2) is 9.71 Å². The number of aromatic amines is 1. The highest BCUT2D eigenvalue weighted by Gasteiger charge is 2.65. The van der Waals surface area contributed by atoms with Crippen LogP contribution in [-0.2, 0) is 21.4 Å². The molecule has 2 aliphatic carbocycles. The number of methoxy groups -OCH3 is 1. The number of rotatable bonds is 6. The van der Waals surface area contributed by atoms with Gasteiger partial charge in [0, 0.05) is 59.7 Å². The molecule has 2 aromatic carbocycles. The smallest absolute Gasteiger partial charge is 0.301 e. The van der Waals surface area contributed by atoms with Crippen molar-refractivity contribution in [3.05, 3.63) is 59.4 Å². The molecule has 4 unspecified atom stereocenters. The summed E-state index contributed by atoms with van der Waals surface area (Å²) in [4.78, 5) is 36.8. The zero-order valence-electron chi connectivity index (χ0n) is 27.8.